The van der Waals surface area contributed by atoms with Crippen LogP contribution in [0.4, 0.5) is 0 Å². The molecule has 3 nitrogen and oxygen atoms in total. The monoisotopic (exact) mass is 423 g/mol. The van der Waals surface area contributed by atoms with Crippen LogP contribution in [0.5, 0.6) is 5.75 Å². The minimum absolute atomic E-state index is 0.115. The minimum atomic E-state index is -0.873. The highest BCUT2D eigenvalue weighted by molar-refractivity contribution is 7.59. The van der Waals surface area contributed by atoms with Gasteiger partial charge in [0, 0.05) is 29.1 Å². The molecule has 4 heteroatoms. The Hall–Kier alpha value is -1.41. The lowest BCUT2D eigenvalue weighted by molar-refractivity contribution is -0.0574. The second-order valence-corrected chi connectivity index (χ2v) is 11.5. The summed E-state index contributed by atoms with van der Waals surface area (Å²) in [6, 6.07) is 18.0. The van der Waals surface area contributed by atoms with Crippen LogP contribution in [0.25, 0.3) is 11.1 Å². The number of ether oxygens (including phenoxy) is 1. The first-order valence-corrected chi connectivity index (χ1v) is 12.8. The Kier molecular flexibility index (Phi) is 5.42. The molecule has 0 amide bonds. The zero-order chi connectivity index (χ0) is 20.9. The molecule has 160 valence electrons. The van der Waals surface area contributed by atoms with Gasteiger partial charge in [-0.15, -0.1) is 0 Å². The van der Waals surface area contributed by atoms with Crippen LogP contribution in [0.15, 0.2) is 48.5 Å². The number of para-hydroxylation sites is 1. The molecule has 2 fully saturated rings. The molecule has 5 atom stereocenters. The van der Waals surface area contributed by atoms with Gasteiger partial charge in [0.05, 0.1) is 6.10 Å². The van der Waals surface area contributed by atoms with Gasteiger partial charge in [-0.2, -0.15) is 0 Å². The smallest absolute Gasteiger partial charge is 0.198 e. The van der Waals surface area contributed by atoms with Crippen molar-refractivity contribution in [2.75, 3.05) is 6.61 Å². The van der Waals surface area contributed by atoms with Crippen molar-refractivity contribution in [3.05, 3.63) is 48.5 Å². The second-order valence-electron chi connectivity index (χ2n) is 9.84. The van der Waals surface area contributed by atoms with Gasteiger partial charge in [0.2, 0.25) is 0 Å². The summed E-state index contributed by atoms with van der Waals surface area (Å²) < 4.78 is 15.7. The summed E-state index contributed by atoms with van der Waals surface area (Å²) in [5.74, 6) is 2.43. The van der Waals surface area contributed by atoms with E-state index in [9.17, 15) is 0 Å². The first kappa shape index (κ1) is 20.5. The second kappa shape index (κ2) is 7.93. The van der Waals surface area contributed by atoms with Gasteiger partial charge < -0.3 is 9.26 Å². The number of hydrogen-bond acceptors (Lipinski definition) is 3. The number of fused-ring (bicyclic) bond motifs is 4. The Labute approximate surface area is 182 Å². The van der Waals surface area contributed by atoms with E-state index in [4.69, 9.17) is 9.26 Å². The van der Waals surface area contributed by atoms with Crippen molar-refractivity contribution in [1.29, 1.82) is 0 Å². The number of rotatable bonds is 3. The maximum Gasteiger partial charge on any atom is 0.198 e. The van der Waals surface area contributed by atoms with E-state index in [1.54, 1.807) is 0 Å². The van der Waals surface area contributed by atoms with Crippen molar-refractivity contribution >= 4 is 13.6 Å². The molecule has 0 N–H and O–H groups in total. The van der Waals surface area contributed by atoms with Crippen LogP contribution in [-0.2, 0) is 4.74 Å². The van der Waals surface area contributed by atoms with Crippen LogP contribution >= 0.6 is 8.30 Å². The van der Waals surface area contributed by atoms with Gasteiger partial charge in [0.15, 0.2) is 8.30 Å². The number of nitrogens with zero attached hydrogens (tertiary/aromatic N) is 1. The number of hydrogen-bond donors (Lipinski definition) is 0. The Balaban J connectivity index is 1.55. The van der Waals surface area contributed by atoms with E-state index >= 15 is 0 Å². The van der Waals surface area contributed by atoms with Crippen LogP contribution in [0.1, 0.15) is 53.4 Å². The molecule has 30 heavy (non-hydrogen) atoms. The average molecular weight is 424 g/mol. The molecule has 5 unspecified atom stereocenters. The molecule has 0 spiro atoms. The summed E-state index contributed by atoms with van der Waals surface area (Å²) in [6.07, 6.45) is 5.19. The molecule has 1 aliphatic carbocycles. The molecule has 1 saturated carbocycles. The normalized spacial score (nSPS) is 32.5. The highest BCUT2D eigenvalue weighted by atomic mass is 31.2. The van der Waals surface area contributed by atoms with E-state index < -0.39 is 8.30 Å². The highest BCUT2D eigenvalue weighted by Gasteiger charge is 2.52. The van der Waals surface area contributed by atoms with E-state index in [1.165, 1.54) is 35.7 Å². The number of piperidine rings is 1. The molecule has 2 heterocycles. The first-order valence-electron chi connectivity index (χ1n) is 11.6. The Bertz CT molecular complexity index is 913. The summed E-state index contributed by atoms with van der Waals surface area (Å²) in [7, 11) is -0.873. The van der Waals surface area contributed by atoms with Crippen molar-refractivity contribution < 1.29 is 9.26 Å². The zero-order valence-electron chi connectivity index (χ0n) is 18.7. The topological polar surface area (TPSA) is 21.7 Å². The van der Waals surface area contributed by atoms with Crippen LogP contribution in [0, 0.1) is 11.8 Å². The van der Waals surface area contributed by atoms with Gasteiger partial charge >= 0.3 is 0 Å². The summed E-state index contributed by atoms with van der Waals surface area (Å²) in [6.45, 7) is 10.3. The minimum Gasteiger partial charge on any atom is -0.453 e. The van der Waals surface area contributed by atoms with Crippen molar-refractivity contribution in [3.8, 4) is 16.9 Å². The molecular formula is C26H34NO2P. The SMILES string of the molecule is CCOC1CCC2C(C1)C(C)CC(C)(C)N2P1Oc2ccccc2-c2ccccc21. The highest BCUT2D eigenvalue weighted by Crippen LogP contribution is 2.59. The third-order valence-electron chi connectivity index (χ3n) is 7.37. The quantitative estimate of drug-likeness (QED) is 0.535. The van der Waals surface area contributed by atoms with Crippen LogP contribution in [-0.4, -0.2) is 29.0 Å². The maximum atomic E-state index is 6.85. The Morgan fingerprint density at radius 2 is 1.80 bits per heavy atom. The first-order chi connectivity index (χ1) is 14.5. The van der Waals surface area contributed by atoms with E-state index in [0.29, 0.717) is 24.0 Å². The zero-order valence-corrected chi connectivity index (χ0v) is 19.6. The van der Waals surface area contributed by atoms with Gasteiger partial charge in [0.1, 0.15) is 5.75 Å². The number of benzene rings is 2. The van der Waals surface area contributed by atoms with E-state index in [1.807, 2.05) is 0 Å². The molecule has 2 aliphatic heterocycles. The molecule has 1 saturated heterocycles. The molecule has 0 radical (unpaired) electrons. The van der Waals surface area contributed by atoms with Gasteiger partial charge in [0.25, 0.3) is 0 Å². The van der Waals surface area contributed by atoms with E-state index in [0.717, 1.165) is 18.8 Å². The summed E-state index contributed by atoms with van der Waals surface area (Å²) in [5.41, 5.74) is 2.69. The lowest BCUT2D eigenvalue weighted by Crippen LogP contribution is -2.60. The molecule has 0 bridgehead atoms. The largest absolute Gasteiger partial charge is 0.453 e. The van der Waals surface area contributed by atoms with Crippen LogP contribution in [0.3, 0.4) is 0 Å². The lowest BCUT2D eigenvalue weighted by atomic mass is 9.68. The lowest BCUT2D eigenvalue weighted by Gasteiger charge is -2.58. The Morgan fingerprint density at radius 3 is 2.60 bits per heavy atom. The summed E-state index contributed by atoms with van der Waals surface area (Å²) in [4.78, 5) is 0. The fraction of sp³-hybridized carbons (Fsp3) is 0.538. The fourth-order valence-corrected chi connectivity index (χ4v) is 8.76. The maximum absolute atomic E-state index is 6.85. The van der Waals surface area contributed by atoms with Crippen molar-refractivity contribution in [2.45, 2.75) is 71.1 Å². The third kappa shape index (κ3) is 3.40. The van der Waals surface area contributed by atoms with Gasteiger partial charge in [-0.1, -0.05) is 43.3 Å². The van der Waals surface area contributed by atoms with Gasteiger partial charge in [-0.3, -0.25) is 0 Å². The standard InChI is InChI=1S/C26H34NO2P/c1-5-28-19-14-15-23-22(16-19)18(2)17-26(3,4)27(23)30-25-13-9-7-11-21(25)20-10-6-8-12-24(20)29-30/h6-13,18-19,22-23H,5,14-17H2,1-4H3. The predicted molar refractivity (Wildman–Crippen MR) is 125 cm³/mol. The molecule has 3 aliphatic rings. The molecule has 2 aromatic rings. The Morgan fingerprint density at radius 1 is 1.07 bits per heavy atom. The van der Waals surface area contributed by atoms with Crippen LogP contribution in [0.2, 0.25) is 0 Å². The average Bonchev–Trinajstić information content (AvgIpc) is 2.74. The van der Waals surface area contributed by atoms with Gasteiger partial charge in [-0.25, -0.2) is 4.67 Å². The third-order valence-corrected chi connectivity index (χ3v) is 9.77. The molecule has 5 rings (SSSR count). The predicted octanol–water partition coefficient (Wildman–Crippen LogP) is 6.38. The molecule has 0 aromatic heterocycles. The fourth-order valence-electron chi connectivity index (χ4n) is 6.25. The summed E-state index contributed by atoms with van der Waals surface area (Å²) >= 11 is 0. The van der Waals surface area contributed by atoms with Crippen molar-refractivity contribution in [2.24, 2.45) is 11.8 Å². The van der Waals surface area contributed by atoms with Crippen LogP contribution < -0.4 is 9.83 Å². The molecular weight excluding hydrogens is 389 g/mol. The van der Waals surface area contributed by atoms with E-state index in [-0.39, 0.29) is 5.54 Å². The summed E-state index contributed by atoms with van der Waals surface area (Å²) in [5, 5.41) is 1.37. The van der Waals surface area contributed by atoms with Crippen molar-refractivity contribution in [1.82, 2.24) is 4.67 Å². The van der Waals surface area contributed by atoms with E-state index in [2.05, 4.69) is 80.9 Å². The molecule has 2 aromatic carbocycles. The van der Waals surface area contributed by atoms with Crippen molar-refractivity contribution in [3.63, 3.8) is 0 Å². The van der Waals surface area contributed by atoms with Gasteiger partial charge in [-0.05, 0) is 76.0 Å².